The van der Waals surface area contributed by atoms with E-state index in [1.54, 1.807) is 31.5 Å². The first-order chi connectivity index (χ1) is 16.1. The van der Waals surface area contributed by atoms with Crippen LogP contribution in [0, 0.1) is 0 Å². The summed E-state index contributed by atoms with van der Waals surface area (Å²) in [5.74, 6) is 1.62. The molecule has 1 fully saturated rings. The van der Waals surface area contributed by atoms with E-state index in [4.69, 9.17) is 14.2 Å². The van der Waals surface area contributed by atoms with Crippen LogP contribution < -0.4 is 19.5 Å². The van der Waals surface area contributed by atoms with Crippen LogP contribution in [0.3, 0.4) is 0 Å². The number of carbonyl (C=O) groups excluding carboxylic acids is 2. The normalized spacial score (nSPS) is 16.6. The molecule has 0 radical (unpaired) electrons. The van der Waals surface area contributed by atoms with E-state index < -0.39 is 0 Å². The highest BCUT2D eigenvalue weighted by molar-refractivity contribution is 6.04. The van der Waals surface area contributed by atoms with Crippen LogP contribution in [0.25, 0.3) is 0 Å². The molecule has 1 saturated heterocycles. The molecule has 0 spiro atoms. The minimum atomic E-state index is -0.296. The zero-order valence-corrected chi connectivity index (χ0v) is 18.2. The van der Waals surface area contributed by atoms with Gasteiger partial charge in [0.15, 0.2) is 11.5 Å². The predicted molar refractivity (Wildman–Crippen MR) is 119 cm³/mol. The summed E-state index contributed by atoms with van der Waals surface area (Å²) >= 11 is 0. The lowest BCUT2D eigenvalue weighted by molar-refractivity contribution is -0.133. The molecule has 1 atom stereocenters. The number of hydrogen-bond acceptors (Lipinski definition) is 6. The number of carbonyl (C=O) groups is 2. The van der Waals surface area contributed by atoms with Crippen LogP contribution in [0.15, 0.2) is 54.9 Å². The molecule has 1 aromatic heterocycles. The minimum absolute atomic E-state index is 0.0191. The van der Waals surface area contributed by atoms with Crippen LogP contribution in [-0.2, 0) is 11.3 Å². The summed E-state index contributed by atoms with van der Waals surface area (Å²) in [6.45, 7) is 0.929. The van der Waals surface area contributed by atoms with Gasteiger partial charge in [0.25, 0.3) is 5.91 Å². The Balaban J connectivity index is 1.24. The lowest BCUT2D eigenvalue weighted by Gasteiger charge is -2.26. The second-order valence-electron chi connectivity index (χ2n) is 7.94. The summed E-state index contributed by atoms with van der Waals surface area (Å²) in [5, 5.41) is 7.05. The maximum absolute atomic E-state index is 13.1. The minimum Gasteiger partial charge on any atom is -0.496 e. The molecule has 9 heteroatoms. The van der Waals surface area contributed by atoms with E-state index in [9.17, 15) is 9.59 Å². The third-order valence-corrected chi connectivity index (χ3v) is 5.89. The number of aromatic nitrogens is 2. The van der Waals surface area contributed by atoms with Gasteiger partial charge in [-0.05, 0) is 37.1 Å². The summed E-state index contributed by atoms with van der Waals surface area (Å²) in [4.78, 5) is 27.5. The van der Waals surface area contributed by atoms with Gasteiger partial charge in [-0.25, -0.2) is 0 Å². The molecule has 33 heavy (non-hydrogen) atoms. The molecule has 3 heterocycles. The van der Waals surface area contributed by atoms with Crippen LogP contribution in [-0.4, -0.2) is 46.9 Å². The summed E-state index contributed by atoms with van der Waals surface area (Å²) < 4.78 is 17.6. The van der Waals surface area contributed by atoms with Crippen LogP contribution in [0.1, 0.15) is 34.8 Å². The number of hydrogen-bond donors (Lipinski definition) is 1. The van der Waals surface area contributed by atoms with E-state index in [0.29, 0.717) is 29.3 Å². The van der Waals surface area contributed by atoms with Gasteiger partial charge in [0, 0.05) is 23.9 Å². The molecule has 170 valence electrons. The highest BCUT2D eigenvalue weighted by atomic mass is 16.7. The number of rotatable bonds is 6. The highest BCUT2D eigenvalue weighted by Crippen LogP contribution is 2.37. The van der Waals surface area contributed by atoms with Crippen molar-refractivity contribution in [1.82, 2.24) is 14.7 Å². The maximum Gasteiger partial charge on any atom is 0.255 e. The second kappa shape index (κ2) is 8.85. The molecule has 1 unspecified atom stereocenters. The number of fused-ring (bicyclic) bond motifs is 1. The lowest BCUT2D eigenvalue weighted by Crippen LogP contribution is -2.33. The summed E-state index contributed by atoms with van der Waals surface area (Å²) in [5.41, 5.74) is 1.97. The number of benzene rings is 2. The van der Waals surface area contributed by atoms with Crippen molar-refractivity contribution in [2.45, 2.75) is 25.4 Å². The number of ether oxygens (including phenoxy) is 3. The van der Waals surface area contributed by atoms with Gasteiger partial charge in [0.2, 0.25) is 12.7 Å². The number of para-hydroxylation sites is 1. The van der Waals surface area contributed by atoms with Crippen LogP contribution in [0.5, 0.6) is 17.2 Å². The Bertz CT molecular complexity index is 1190. The van der Waals surface area contributed by atoms with Gasteiger partial charge in [0.05, 0.1) is 25.0 Å². The number of likely N-dealkylation sites (tertiary alicyclic amines) is 1. The van der Waals surface area contributed by atoms with Crippen LogP contribution >= 0.6 is 0 Å². The number of anilines is 1. The molecule has 2 aliphatic heterocycles. The first kappa shape index (κ1) is 20.9. The molecule has 0 bridgehead atoms. The van der Waals surface area contributed by atoms with Crippen molar-refractivity contribution in [3.05, 3.63) is 66.0 Å². The van der Waals surface area contributed by atoms with Crippen LogP contribution in [0.2, 0.25) is 0 Å². The first-order valence-electron chi connectivity index (χ1n) is 10.8. The van der Waals surface area contributed by atoms with Crippen molar-refractivity contribution in [1.29, 1.82) is 0 Å². The molecule has 0 aliphatic carbocycles. The largest absolute Gasteiger partial charge is 0.496 e. The monoisotopic (exact) mass is 448 g/mol. The number of methoxy groups -OCH3 is 1. The fourth-order valence-electron chi connectivity index (χ4n) is 4.32. The average molecular weight is 448 g/mol. The molecule has 3 aromatic rings. The quantitative estimate of drug-likeness (QED) is 0.622. The van der Waals surface area contributed by atoms with Crippen molar-refractivity contribution in [2.24, 2.45) is 0 Å². The molecule has 2 aliphatic rings. The van der Waals surface area contributed by atoms with E-state index in [-0.39, 0.29) is 31.2 Å². The Morgan fingerprint density at radius 2 is 2.03 bits per heavy atom. The third kappa shape index (κ3) is 4.21. The highest BCUT2D eigenvalue weighted by Gasteiger charge is 2.31. The number of nitrogens with zero attached hydrogens (tertiary/aromatic N) is 3. The van der Waals surface area contributed by atoms with Gasteiger partial charge >= 0.3 is 0 Å². The van der Waals surface area contributed by atoms with Gasteiger partial charge in [-0.1, -0.05) is 18.2 Å². The third-order valence-electron chi connectivity index (χ3n) is 5.89. The Kier molecular flexibility index (Phi) is 5.60. The molecular weight excluding hydrogens is 424 g/mol. The smallest absolute Gasteiger partial charge is 0.255 e. The van der Waals surface area contributed by atoms with Gasteiger partial charge in [-0.2, -0.15) is 5.10 Å². The Labute approximate surface area is 190 Å². The molecule has 2 amide bonds. The van der Waals surface area contributed by atoms with E-state index in [1.165, 1.54) is 10.9 Å². The Morgan fingerprint density at radius 1 is 1.18 bits per heavy atom. The SMILES string of the molecule is COc1ccccc1C1CCCN1C(=O)Cn1cc(NC(=O)c2ccc3c(c2)OCO3)cn1. The van der Waals surface area contributed by atoms with Gasteiger partial charge in [0.1, 0.15) is 12.3 Å². The topological polar surface area (TPSA) is 94.9 Å². The molecule has 9 nitrogen and oxygen atoms in total. The number of nitrogens with one attached hydrogen (secondary N) is 1. The first-order valence-corrected chi connectivity index (χ1v) is 10.8. The standard InChI is InChI=1S/C24H24N4O5/c1-31-20-7-3-2-5-18(20)19-6-4-10-28(19)23(29)14-27-13-17(12-25-27)26-24(30)16-8-9-21-22(11-16)33-15-32-21/h2-3,5,7-9,11-13,19H,4,6,10,14-15H2,1H3,(H,26,30). The van der Waals surface area contributed by atoms with Crippen molar-refractivity contribution >= 4 is 17.5 Å². The Hall–Kier alpha value is -4.01. The van der Waals surface area contributed by atoms with Crippen molar-refractivity contribution in [2.75, 3.05) is 25.8 Å². The predicted octanol–water partition coefficient (Wildman–Crippen LogP) is 3.24. The van der Waals surface area contributed by atoms with E-state index >= 15 is 0 Å². The van der Waals surface area contributed by atoms with Crippen molar-refractivity contribution in [3.8, 4) is 17.2 Å². The Morgan fingerprint density at radius 3 is 2.91 bits per heavy atom. The fourth-order valence-corrected chi connectivity index (χ4v) is 4.32. The van der Waals surface area contributed by atoms with E-state index in [1.807, 2.05) is 29.2 Å². The van der Waals surface area contributed by atoms with Crippen molar-refractivity contribution in [3.63, 3.8) is 0 Å². The van der Waals surface area contributed by atoms with Gasteiger partial charge in [-0.15, -0.1) is 0 Å². The van der Waals surface area contributed by atoms with Crippen LogP contribution in [0.4, 0.5) is 5.69 Å². The average Bonchev–Trinajstić information content (AvgIpc) is 3.59. The zero-order chi connectivity index (χ0) is 22.8. The summed E-state index contributed by atoms with van der Waals surface area (Å²) in [7, 11) is 1.64. The number of amides is 2. The maximum atomic E-state index is 13.1. The van der Waals surface area contributed by atoms with Gasteiger partial charge < -0.3 is 24.4 Å². The molecule has 1 N–H and O–H groups in total. The molecule has 5 rings (SSSR count). The molecule has 0 saturated carbocycles. The van der Waals surface area contributed by atoms with E-state index in [0.717, 1.165) is 24.2 Å². The lowest BCUT2D eigenvalue weighted by atomic mass is 10.0. The summed E-state index contributed by atoms with van der Waals surface area (Å²) in [6, 6.07) is 12.8. The van der Waals surface area contributed by atoms with E-state index in [2.05, 4.69) is 10.4 Å². The molecule has 2 aromatic carbocycles. The second-order valence-corrected chi connectivity index (χ2v) is 7.94. The molecular formula is C24H24N4O5. The fraction of sp³-hybridized carbons (Fsp3) is 0.292. The van der Waals surface area contributed by atoms with Crippen molar-refractivity contribution < 1.29 is 23.8 Å². The summed E-state index contributed by atoms with van der Waals surface area (Å²) in [6.07, 6.45) is 5.00. The zero-order valence-electron chi connectivity index (χ0n) is 18.2. The van der Waals surface area contributed by atoms with Gasteiger partial charge in [-0.3, -0.25) is 14.3 Å².